The Labute approximate surface area is 95.5 Å². The zero-order chi connectivity index (χ0) is 12.2. The molecule has 0 bridgehead atoms. The smallest absolute Gasteiger partial charge is 0.328 e. The summed E-state index contributed by atoms with van der Waals surface area (Å²) >= 11 is 0. The lowest BCUT2D eigenvalue weighted by atomic mass is 10.1. The number of carbonyl (C=O) groups is 1. The normalized spacial score (nSPS) is 24.6. The van der Waals surface area contributed by atoms with Gasteiger partial charge in [-0.25, -0.2) is 13.2 Å². The summed E-state index contributed by atoms with van der Waals surface area (Å²) in [6.45, 7) is 2.85. The second kappa shape index (κ2) is 5.45. The van der Waals surface area contributed by atoms with Gasteiger partial charge in [-0.1, -0.05) is 5.57 Å². The minimum absolute atomic E-state index is 0.169. The van der Waals surface area contributed by atoms with Gasteiger partial charge >= 0.3 is 5.97 Å². The molecule has 1 rings (SSSR count). The summed E-state index contributed by atoms with van der Waals surface area (Å²) < 4.78 is 22.3. The zero-order valence-corrected chi connectivity index (χ0v) is 10.1. The van der Waals surface area contributed by atoms with Crippen molar-refractivity contribution in [3.05, 3.63) is 11.6 Å². The van der Waals surface area contributed by atoms with Crippen molar-refractivity contribution in [1.29, 1.82) is 0 Å². The average Bonchev–Trinajstić information content (AvgIpc) is 2.44. The number of hydrogen-bond donors (Lipinski definition) is 2. The predicted octanol–water partition coefficient (Wildman–Crippen LogP) is 0.0416. The van der Waals surface area contributed by atoms with Crippen LogP contribution in [0.2, 0.25) is 0 Å². The molecule has 0 aliphatic carbocycles. The van der Waals surface area contributed by atoms with Crippen LogP contribution in [-0.4, -0.2) is 44.1 Å². The molecule has 0 aromatic rings. The SMILES string of the molecule is CC(=CC(=O)O)CNCC1CCS(=O)(=O)C1. The number of nitrogens with one attached hydrogen (secondary N) is 1. The first-order chi connectivity index (χ1) is 7.39. The number of carboxylic acid groups (broad SMARTS) is 1. The Bertz CT molecular complexity index is 386. The van der Waals surface area contributed by atoms with E-state index in [0.29, 0.717) is 19.5 Å². The van der Waals surface area contributed by atoms with E-state index in [1.165, 1.54) is 0 Å². The van der Waals surface area contributed by atoms with Crippen LogP contribution in [0.5, 0.6) is 0 Å². The van der Waals surface area contributed by atoms with Crippen molar-refractivity contribution in [3.63, 3.8) is 0 Å². The first-order valence-corrected chi connectivity index (χ1v) is 7.02. The summed E-state index contributed by atoms with van der Waals surface area (Å²) in [6.07, 6.45) is 1.86. The van der Waals surface area contributed by atoms with Crippen LogP contribution in [0.1, 0.15) is 13.3 Å². The van der Waals surface area contributed by atoms with E-state index in [4.69, 9.17) is 5.11 Å². The third-order valence-electron chi connectivity index (χ3n) is 2.53. The van der Waals surface area contributed by atoms with Gasteiger partial charge in [0.2, 0.25) is 0 Å². The monoisotopic (exact) mass is 247 g/mol. The van der Waals surface area contributed by atoms with E-state index in [2.05, 4.69) is 5.32 Å². The molecule has 1 saturated heterocycles. The Morgan fingerprint density at radius 1 is 1.56 bits per heavy atom. The van der Waals surface area contributed by atoms with E-state index >= 15 is 0 Å². The number of carboxylic acids is 1. The molecule has 1 atom stereocenters. The fourth-order valence-electron chi connectivity index (χ4n) is 1.77. The van der Waals surface area contributed by atoms with E-state index in [-0.39, 0.29) is 17.4 Å². The Morgan fingerprint density at radius 2 is 2.25 bits per heavy atom. The molecule has 0 aromatic heterocycles. The highest BCUT2D eigenvalue weighted by Gasteiger charge is 2.27. The molecule has 5 nitrogen and oxygen atoms in total. The van der Waals surface area contributed by atoms with Crippen LogP contribution < -0.4 is 5.32 Å². The molecular formula is C10H17NO4S. The maximum Gasteiger partial charge on any atom is 0.328 e. The Morgan fingerprint density at radius 3 is 2.75 bits per heavy atom. The van der Waals surface area contributed by atoms with Crippen LogP contribution in [0.4, 0.5) is 0 Å². The van der Waals surface area contributed by atoms with Crippen molar-refractivity contribution in [2.45, 2.75) is 13.3 Å². The molecule has 1 unspecified atom stereocenters. The van der Waals surface area contributed by atoms with Gasteiger partial charge in [-0.15, -0.1) is 0 Å². The van der Waals surface area contributed by atoms with Gasteiger partial charge in [0.1, 0.15) is 0 Å². The van der Waals surface area contributed by atoms with Crippen molar-refractivity contribution in [2.75, 3.05) is 24.6 Å². The van der Waals surface area contributed by atoms with Crippen molar-refractivity contribution in [3.8, 4) is 0 Å². The molecule has 0 amide bonds. The van der Waals surface area contributed by atoms with Crippen molar-refractivity contribution >= 4 is 15.8 Å². The predicted molar refractivity (Wildman–Crippen MR) is 61.0 cm³/mol. The van der Waals surface area contributed by atoms with Gasteiger partial charge in [-0.05, 0) is 25.8 Å². The molecule has 92 valence electrons. The van der Waals surface area contributed by atoms with Crippen LogP contribution in [0, 0.1) is 5.92 Å². The molecule has 1 aliphatic rings. The van der Waals surface area contributed by atoms with E-state index in [0.717, 1.165) is 11.6 Å². The molecule has 2 N–H and O–H groups in total. The van der Waals surface area contributed by atoms with Gasteiger partial charge in [0, 0.05) is 12.6 Å². The van der Waals surface area contributed by atoms with Crippen LogP contribution >= 0.6 is 0 Å². The molecular weight excluding hydrogens is 230 g/mol. The van der Waals surface area contributed by atoms with E-state index < -0.39 is 15.8 Å². The standard InChI is InChI=1S/C10H17NO4S/c1-8(4-10(12)13)5-11-6-9-2-3-16(14,15)7-9/h4,9,11H,2-3,5-7H2,1H3,(H,12,13). The summed E-state index contributed by atoms with van der Waals surface area (Å²) in [5.74, 6) is -0.254. The number of rotatable bonds is 5. The highest BCUT2D eigenvalue weighted by atomic mass is 32.2. The number of hydrogen-bond acceptors (Lipinski definition) is 4. The Kier molecular flexibility index (Phi) is 4.49. The van der Waals surface area contributed by atoms with E-state index in [9.17, 15) is 13.2 Å². The third-order valence-corrected chi connectivity index (χ3v) is 4.37. The lowest BCUT2D eigenvalue weighted by Gasteiger charge is -2.09. The fraction of sp³-hybridized carbons (Fsp3) is 0.700. The Balaban J connectivity index is 2.25. The fourth-order valence-corrected chi connectivity index (χ4v) is 3.63. The lowest BCUT2D eigenvalue weighted by molar-refractivity contribution is -0.131. The zero-order valence-electron chi connectivity index (χ0n) is 9.27. The highest BCUT2D eigenvalue weighted by molar-refractivity contribution is 7.91. The van der Waals surface area contributed by atoms with Crippen molar-refractivity contribution in [1.82, 2.24) is 5.32 Å². The van der Waals surface area contributed by atoms with Crippen molar-refractivity contribution < 1.29 is 18.3 Å². The molecule has 0 spiro atoms. The number of sulfone groups is 1. The molecule has 1 aliphatic heterocycles. The molecule has 6 heteroatoms. The van der Waals surface area contributed by atoms with Crippen molar-refractivity contribution in [2.24, 2.45) is 5.92 Å². The Hall–Kier alpha value is -0.880. The molecule has 16 heavy (non-hydrogen) atoms. The minimum atomic E-state index is -2.81. The van der Waals surface area contributed by atoms with Gasteiger partial charge in [-0.3, -0.25) is 0 Å². The molecule has 0 saturated carbocycles. The van der Waals surface area contributed by atoms with Crippen LogP contribution in [0.15, 0.2) is 11.6 Å². The first kappa shape index (κ1) is 13.2. The average molecular weight is 247 g/mol. The summed E-state index contributed by atoms with van der Waals surface area (Å²) in [5, 5.41) is 11.6. The summed E-state index contributed by atoms with van der Waals surface area (Å²) in [5.41, 5.74) is 0.730. The topological polar surface area (TPSA) is 83.5 Å². The van der Waals surface area contributed by atoms with E-state index in [1.54, 1.807) is 6.92 Å². The van der Waals surface area contributed by atoms with Crippen LogP contribution in [0.3, 0.4) is 0 Å². The highest BCUT2D eigenvalue weighted by Crippen LogP contribution is 2.17. The second-order valence-corrected chi connectivity index (χ2v) is 6.46. The maximum absolute atomic E-state index is 11.2. The third kappa shape index (κ3) is 4.76. The minimum Gasteiger partial charge on any atom is -0.478 e. The second-order valence-electron chi connectivity index (χ2n) is 4.23. The van der Waals surface area contributed by atoms with Crippen LogP contribution in [-0.2, 0) is 14.6 Å². The largest absolute Gasteiger partial charge is 0.478 e. The van der Waals surface area contributed by atoms with Gasteiger partial charge in [-0.2, -0.15) is 0 Å². The van der Waals surface area contributed by atoms with Gasteiger partial charge < -0.3 is 10.4 Å². The molecule has 0 radical (unpaired) electrons. The first-order valence-electron chi connectivity index (χ1n) is 5.20. The molecule has 0 aromatic carbocycles. The summed E-state index contributed by atoms with van der Waals surface area (Å²) in [7, 11) is -2.81. The lowest BCUT2D eigenvalue weighted by Crippen LogP contribution is -2.25. The number of aliphatic carboxylic acids is 1. The van der Waals surface area contributed by atoms with Gasteiger partial charge in [0.25, 0.3) is 0 Å². The van der Waals surface area contributed by atoms with Crippen LogP contribution in [0.25, 0.3) is 0 Å². The molecule has 1 heterocycles. The van der Waals surface area contributed by atoms with Gasteiger partial charge in [0.15, 0.2) is 9.84 Å². The quantitative estimate of drug-likeness (QED) is 0.670. The van der Waals surface area contributed by atoms with Gasteiger partial charge in [0.05, 0.1) is 11.5 Å². The summed E-state index contributed by atoms with van der Waals surface area (Å²) in [6, 6.07) is 0. The summed E-state index contributed by atoms with van der Waals surface area (Å²) in [4.78, 5) is 10.3. The molecule has 1 fully saturated rings. The maximum atomic E-state index is 11.2. The van der Waals surface area contributed by atoms with E-state index in [1.807, 2.05) is 0 Å².